The first-order valence-corrected chi connectivity index (χ1v) is 8.56. The zero-order valence-corrected chi connectivity index (χ0v) is 14.6. The third-order valence-corrected chi connectivity index (χ3v) is 4.78. The molecule has 1 amide bonds. The second kappa shape index (κ2) is 7.43. The van der Waals surface area contributed by atoms with Gasteiger partial charge >= 0.3 is 0 Å². The molecule has 2 aromatic rings. The number of nitrogens with zero attached hydrogens (tertiary/aromatic N) is 1. The fourth-order valence-electron chi connectivity index (χ4n) is 2.81. The third kappa shape index (κ3) is 3.51. The number of hydrogen-bond donors (Lipinski definition) is 1. The zero-order chi connectivity index (χ0) is 17.1. The molecular formula is C18H18Cl2N2O2. The van der Waals surface area contributed by atoms with E-state index in [1.54, 1.807) is 35.2 Å². The topological polar surface area (TPSA) is 55.6 Å². The Balaban J connectivity index is 1.90. The number of benzene rings is 2. The molecule has 126 valence electrons. The van der Waals surface area contributed by atoms with Crippen LogP contribution in [0.15, 0.2) is 42.5 Å². The molecule has 1 saturated heterocycles. The summed E-state index contributed by atoms with van der Waals surface area (Å²) < 4.78 is 5.87. The lowest BCUT2D eigenvalue weighted by molar-refractivity contribution is 0.0785. The molecule has 1 fully saturated rings. The SMILES string of the molecule is NCC1CCN(C(=O)c2c(Cl)cccc2Oc2ccccc2Cl)C1. The number of amides is 1. The lowest BCUT2D eigenvalue weighted by atomic mass is 10.1. The molecule has 0 spiro atoms. The first-order chi connectivity index (χ1) is 11.6. The van der Waals surface area contributed by atoms with E-state index in [4.69, 9.17) is 33.7 Å². The maximum Gasteiger partial charge on any atom is 0.259 e. The van der Waals surface area contributed by atoms with Crippen molar-refractivity contribution < 1.29 is 9.53 Å². The van der Waals surface area contributed by atoms with Crippen molar-refractivity contribution >= 4 is 29.1 Å². The summed E-state index contributed by atoms with van der Waals surface area (Å²) in [7, 11) is 0. The highest BCUT2D eigenvalue weighted by Crippen LogP contribution is 2.35. The molecule has 1 unspecified atom stereocenters. The van der Waals surface area contributed by atoms with Crippen molar-refractivity contribution in [1.82, 2.24) is 4.90 Å². The van der Waals surface area contributed by atoms with Crippen LogP contribution in [-0.4, -0.2) is 30.4 Å². The number of hydrogen-bond acceptors (Lipinski definition) is 3. The van der Waals surface area contributed by atoms with Crippen LogP contribution in [0.25, 0.3) is 0 Å². The van der Waals surface area contributed by atoms with E-state index in [0.29, 0.717) is 52.7 Å². The molecule has 4 nitrogen and oxygen atoms in total. The molecule has 1 aliphatic rings. The molecule has 1 aliphatic heterocycles. The second-order valence-electron chi connectivity index (χ2n) is 5.79. The molecule has 24 heavy (non-hydrogen) atoms. The van der Waals surface area contributed by atoms with Crippen LogP contribution in [0.1, 0.15) is 16.8 Å². The Hall–Kier alpha value is -1.75. The Labute approximate surface area is 151 Å². The van der Waals surface area contributed by atoms with Gasteiger partial charge in [-0.1, -0.05) is 41.4 Å². The molecule has 2 aromatic carbocycles. The number of nitrogens with two attached hydrogens (primary N) is 1. The Morgan fingerprint density at radius 2 is 1.83 bits per heavy atom. The average molecular weight is 365 g/mol. The van der Waals surface area contributed by atoms with Crippen molar-refractivity contribution in [2.24, 2.45) is 11.7 Å². The van der Waals surface area contributed by atoms with E-state index in [1.807, 2.05) is 12.1 Å². The largest absolute Gasteiger partial charge is 0.455 e. The van der Waals surface area contributed by atoms with Crippen molar-refractivity contribution in [3.05, 3.63) is 58.1 Å². The number of ether oxygens (including phenoxy) is 1. The second-order valence-corrected chi connectivity index (χ2v) is 6.60. The summed E-state index contributed by atoms with van der Waals surface area (Å²) in [6, 6.07) is 12.3. The van der Waals surface area contributed by atoms with Crippen molar-refractivity contribution in [1.29, 1.82) is 0 Å². The minimum absolute atomic E-state index is 0.140. The third-order valence-electron chi connectivity index (χ3n) is 4.15. The van der Waals surface area contributed by atoms with Crippen LogP contribution in [0, 0.1) is 5.92 Å². The molecule has 3 rings (SSSR count). The molecule has 0 bridgehead atoms. The number of carbonyl (C=O) groups is 1. The zero-order valence-electron chi connectivity index (χ0n) is 13.0. The molecule has 0 saturated carbocycles. The van der Waals surface area contributed by atoms with Crippen molar-refractivity contribution in [2.45, 2.75) is 6.42 Å². The summed E-state index contributed by atoms with van der Waals surface area (Å²) >= 11 is 12.4. The molecule has 2 N–H and O–H groups in total. The highest BCUT2D eigenvalue weighted by molar-refractivity contribution is 6.34. The van der Waals surface area contributed by atoms with E-state index >= 15 is 0 Å². The van der Waals surface area contributed by atoms with E-state index in [0.717, 1.165) is 6.42 Å². The normalized spacial score (nSPS) is 17.1. The van der Waals surface area contributed by atoms with Gasteiger partial charge in [0.1, 0.15) is 17.1 Å². The fourth-order valence-corrected chi connectivity index (χ4v) is 3.23. The van der Waals surface area contributed by atoms with Gasteiger partial charge in [0.2, 0.25) is 0 Å². The predicted molar refractivity (Wildman–Crippen MR) is 96.0 cm³/mol. The van der Waals surface area contributed by atoms with Crippen LogP contribution in [0.3, 0.4) is 0 Å². The van der Waals surface area contributed by atoms with Gasteiger partial charge in [0.15, 0.2) is 0 Å². The van der Waals surface area contributed by atoms with Gasteiger partial charge in [-0.05, 0) is 43.1 Å². The maximum absolute atomic E-state index is 12.9. The van der Waals surface area contributed by atoms with Crippen molar-refractivity contribution in [2.75, 3.05) is 19.6 Å². The minimum Gasteiger partial charge on any atom is -0.455 e. The van der Waals surface area contributed by atoms with Crippen LogP contribution in [0.4, 0.5) is 0 Å². The highest BCUT2D eigenvalue weighted by atomic mass is 35.5. The standard InChI is InChI=1S/C18H18Cl2N2O2/c19-13-4-1-2-6-15(13)24-16-7-3-5-14(20)17(16)18(23)22-9-8-12(10-21)11-22/h1-7,12H,8-11,21H2. The number of carbonyl (C=O) groups excluding carboxylic acids is 1. The Kier molecular flexibility index (Phi) is 5.29. The van der Waals surface area contributed by atoms with E-state index in [-0.39, 0.29) is 5.91 Å². The Morgan fingerprint density at radius 1 is 1.12 bits per heavy atom. The van der Waals surface area contributed by atoms with Crippen LogP contribution in [-0.2, 0) is 0 Å². The minimum atomic E-state index is -0.140. The number of rotatable bonds is 4. The fraction of sp³-hybridized carbons (Fsp3) is 0.278. The van der Waals surface area contributed by atoms with Gasteiger partial charge in [0.25, 0.3) is 5.91 Å². The molecule has 6 heteroatoms. The predicted octanol–water partition coefficient (Wildman–Crippen LogP) is 4.21. The van der Waals surface area contributed by atoms with Gasteiger partial charge in [-0.2, -0.15) is 0 Å². The van der Waals surface area contributed by atoms with E-state index < -0.39 is 0 Å². The van der Waals surface area contributed by atoms with Gasteiger partial charge in [0.05, 0.1) is 10.0 Å². The van der Waals surface area contributed by atoms with Crippen molar-refractivity contribution in [3.8, 4) is 11.5 Å². The van der Waals surface area contributed by atoms with Gasteiger partial charge < -0.3 is 15.4 Å². The first-order valence-electron chi connectivity index (χ1n) is 7.80. The summed E-state index contributed by atoms with van der Waals surface area (Å²) in [4.78, 5) is 14.7. The van der Waals surface area contributed by atoms with E-state index in [9.17, 15) is 4.79 Å². The average Bonchev–Trinajstić information content (AvgIpc) is 3.06. The van der Waals surface area contributed by atoms with Gasteiger partial charge in [0, 0.05) is 13.1 Å². The summed E-state index contributed by atoms with van der Waals surface area (Å²) in [5.74, 6) is 1.08. The summed E-state index contributed by atoms with van der Waals surface area (Å²) in [6.45, 7) is 1.90. The quantitative estimate of drug-likeness (QED) is 0.883. The van der Waals surface area contributed by atoms with Gasteiger partial charge in [-0.15, -0.1) is 0 Å². The van der Waals surface area contributed by atoms with Crippen molar-refractivity contribution in [3.63, 3.8) is 0 Å². The molecule has 1 atom stereocenters. The number of halogens is 2. The smallest absolute Gasteiger partial charge is 0.259 e. The van der Waals surface area contributed by atoms with Crippen LogP contribution >= 0.6 is 23.2 Å². The number of likely N-dealkylation sites (tertiary alicyclic amines) is 1. The van der Waals surface area contributed by atoms with E-state index in [1.165, 1.54) is 0 Å². The van der Waals surface area contributed by atoms with Gasteiger partial charge in [-0.25, -0.2) is 0 Å². The number of para-hydroxylation sites is 1. The molecule has 1 heterocycles. The lowest BCUT2D eigenvalue weighted by Gasteiger charge is -2.19. The Morgan fingerprint density at radius 3 is 2.54 bits per heavy atom. The molecular weight excluding hydrogens is 347 g/mol. The first kappa shape index (κ1) is 17.1. The molecule has 0 aromatic heterocycles. The van der Waals surface area contributed by atoms with Crippen LogP contribution < -0.4 is 10.5 Å². The van der Waals surface area contributed by atoms with Crippen LogP contribution in [0.5, 0.6) is 11.5 Å². The maximum atomic E-state index is 12.9. The summed E-state index contributed by atoms with van der Waals surface area (Å²) in [5, 5.41) is 0.834. The molecule has 0 aliphatic carbocycles. The van der Waals surface area contributed by atoms with Gasteiger partial charge in [-0.3, -0.25) is 4.79 Å². The summed E-state index contributed by atoms with van der Waals surface area (Å²) in [5.41, 5.74) is 6.07. The molecule has 0 radical (unpaired) electrons. The highest BCUT2D eigenvalue weighted by Gasteiger charge is 2.29. The lowest BCUT2D eigenvalue weighted by Crippen LogP contribution is -2.30. The Bertz CT molecular complexity index is 752. The summed E-state index contributed by atoms with van der Waals surface area (Å²) in [6.07, 6.45) is 0.910. The van der Waals surface area contributed by atoms with E-state index in [2.05, 4.69) is 0 Å². The van der Waals surface area contributed by atoms with Crippen LogP contribution in [0.2, 0.25) is 10.0 Å². The monoisotopic (exact) mass is 364 g/mol.